The predicted molar refractivity (Wildman–Crippen MR) is 150 cm³/mol. The van der Waals surface area contributed by atoms with Gasteiger partial charge in [0.1, 0.15) is 28.5 Å². The molecule has 2 aromatic heterocycles. The molecule has 1 atom stereocenters. The number of likely N-dealkylation sites (tertiary alicyclic amines) is 1. The molecule has 1 unspecified atom stereocenters. The van der Waals surface area contributed by atoms with E-state index < -0.39 is 23.2 Å². The Kier molecular flexibility index (Phi) is 8.59. The van der Waals surface area contributed by atoms with Crippen LogP contribution in [0.3, 0.4) is 0 Å². The number of amides is 1. The molecule has 0 spiro atoms. The summed E-state index contributed by atoms with van der Waals surface area (Å²) in [4.78, 5) is 26.4. The summed E-state index contributed by atoms with van der Waals surface area (Å²) in [6, 6.07) is 10.1. The van der Waals surface area contributed by atoms with Gasteiger partial charge in [-0.1, -0.05) is 6.07 Å². The van der Waals surface area contributed by atoms with Crippen molar-refractivity contribution in [3.05, 3.63) is 48.2 Å². The average molecular weight is 575 g/mol. The number of aromatic nitrogens is 3. The van der Waals surface area contributed by atoms with Crippen LogP contribution in [0.1, 0.15) is 32.8 Å². The first-order valence-electron chi connectivity index (χ1n) is 12.9. The van der Waals surface area contributed by atoms with Gasteiger partial charge in [0.15, 0.2) is 0 Å². The number of hydrogen-bond donors (Lipinski definition) is 4. The average Bonchev–Trinajstić information content (AvgIpc) is 3.37. The zero-order chi connectivity index (χ0) is 29.8. The second kappa shape index (κ2) is 11.9. The highest BCUT2D eigenvalue weighted by molar-refractivity contribution is 5.69. The smallest absolute Gasteiger partial charge is 0.421 e. The topological polar surface area (TPSA) is 126 Å². The first-order chi connectivity index (χ1) is 19.3. The number of ether oxygens (including phenoxy) is 2. The minimum Gasteiger partial charge on any atom is -0.479 e. The van der Waals surface area contributed by atoms with Gasteiger partial charge in [0.25, 0.3) is 0 Å². The summed E-state index contributed by atoms with van der Waals surface area (Å²) in [7, 11) is 3.13. The number of pyridine rings is 1. The van der Waals surface area contributed by atoms with Gasteiger partial charge in [-0.05, 0) is 57.5 Å². The lowest BCUT2D eigenvalue weighted by molar-refractivity contribution is -0.137. The maximum absolute atomic E-state index is 13.7. The zero-order valence-electron chi connectivity index (χ0n) is 23.4. The van der Waals surface area contributed by atoms with E-state index >= 15 is 0 Å². The molecule has 0 bridgehead atoms. The van der Waals surface area contributed by atoms with Crippen molar-refractivity contribution in [3.8, 4) is 5.88 Å². The molecule has 4 N–H and O–H groups in total. The summed E-state index contributed by atoms with van der Waals surface area (Å²) >= 11 is 0. The quantitative estimate of drug-likeness (QED) is 0.260. The first-order valence-corrected chi connectivity index (χ1v) is 12.9. The molecule has 1 fully saturated rings. The molecule has 4 rings (SSSR count). The Bertz CT molecular complexity index is 1380. The fraction of sp³-hybridized carbons (Fsp3) is 0.407. The summed E-state index contributed by atoms with van der Waals surface area (Å²) in [5, 5.41) is 11.9. The number of anilines is 6. The third-order valence-corrected chi connectivity index (χ3v) is 6.00. The van der Waals surface area contributed by atoms with E-state index in [4.69, 9.17) is 9.47 Å². The SMILES string of the molecule is CNc1cccc(Nc2nc(Nc3ccc(NC4CCN(C(=O)OC(C)(C)C)C4)nc3OC)ncc2C(F)(F)F)c1. The van der Waals surface area contributed by atoms with E-state index in [1.165, 1.54) is 7.11 Å². The van der Waals surface area contributed by atoms with Crippen LogP contribution in [-0.4, -0.2) is 64.8 Å². The van der Waals surface area contributed by atoms with Crippen LogP contribution in [0, 0.1) is 0 Å². The predicted octanol–water partition coefficient (Wildman–Crippen LogP) is 5.85. The van der Waals surface area contributed by atoms with Gasteiger partial charge in [-0.3, -0.25) is 0 Å². The molecule has 1 aromatic carbocycles. The van der Waals surface area contributed by atoms with Crippen LogP contribution in [0.5, 0.6) is 5.88 Å². The van der Waals surface area contributed by atoms with Gasteiger partial charge >= 0.3 is 12.3 Å². The lowest BCUT2D eigenvalue weighted by Gasteiger charge is -2.24. The van der Waals surface area contributed by atoms with E-state index in [1.807, 2.05) is 20.8 Å². The Balaban J connectivity index is 1.49. The normalized spacial score (nSPS) is 15.3. The third-order valence-electron chi connectivity index (χ3n) is 6.00. The van der Waals surface area contributed by atoms with Crippen LogP contribution in [0.4, 0.5) is 52.6 Å². The van der Waals surface area contributed by atoms with Crippen molar-refractivity contribution in [1.29, 1.82) is 0 Å². The minimum absolute atomic E-state index is 0.0492. The van der Waals surface area contributed by atoms with E-state index in [0.717, 1.165) is 5.69 Å². The molecule has 1 amide bonds. The highest BCUT2D eigenvalue weighted by Gasteiger charge is 2.35. The second-order valence-electron chi connectivity index (χ2n) is 10.3. The highest BCUT2D eigenvalue weighted by Crippen LogP contribution is 2.36. The number of methoxy groups -OCH3 is 1. The molecule has 1 aliphatic heterocycles. The van der Waals surface area contributed by atoms with Gasteiger partial charge in [0, 0.05) is 43.8 Å². The standard InChI is InChI=1S/C27H33F3N8O3/c1-26(2,3)41-25(39)38-12-11-18(15-38)33-21-10-9-20(23(36-21)40-5)35-24-32-14-19(27(28,29)30)22(37-24)34-17-8-6-7-16(13-17)31-4/h6-10,13-14,18,31H,11-12,15H2,1-5H3,(H,33,36)(H2,32,34,35,37). The molecule has 3 aromatic rings. The van der Waals surface area contributed by atoms with Crippen molar-refractivity contribution >= 4 is 40.7 Å². The third kappa shape index (κ3) is 7.80. The Labute approximate surface area is 235 Å². The number of carbonyl (C=O) groups excluding carboxylic acids is 1. The molecule has 1 saturated heterocycles. The van der Waals surface area contributed by atoms with Crippen molar-refractivity contribution in [2.24, 2.45) is 0 Å². The number of benzene rings is 1. The summed E-state index contributed by atoms with van der Waals surface area (Å²) in [5.41, 5.74) is -0.109. The maximum atomic E-state index is 13.7. The number of nitrogens with one attached hydrogen (secondary N) is 4. The zero-order valence-corrected chi connectivity index (χ0v) is 23.4. The van der Waals surface area contributed by atoms with Crippen LogP contribution < -0.4 is 26.0 Å². The molecular formula is C27H33F3N8O3. The van der Waals surface area contributed by atoms with Crippen LogP contribution in [0.15, 0.2) is 42.6 Å². The largest absolute Gasteiger partial charge is 0.479 e. The summed E-state index contributed by atoms with van der Waals surface area (Å²) < 4.78 is 52.0. The van der Waals surface area contributed by atoms with Gasteiger partial charge in [0.2, 0.25) is 11.8 Å². The van der Waals surface area contributed by atoms with Gasteiger partial charge in [-0.15, -0.1) is 0 Å². The Hall–Kier alpha value is -4.49. The van der Waals surface area contributed by atoms with Gasteiger partial charge in [0.05, 0.1) is 7.11 Å². The van der Waals surface area contributed by atoms with Crippen molar-refractivity contribution in [2.45, 2.75) is 45.0 Å². The van der Waals surface area contributed by atoms with Crippen molar-refractivity contribution in [3.63, 3.8) is 0 Å². The van der Waals surface area contributed by atoms with E-state index in [2.05, 4.69) is 36.2 Å². The number of hydrogen-bond acceptors (Lipinski definition) is 10. The van der Waals surface area contributed by atoms with Gasteiger partial charge in [-0.25, -0.2) is 9.78 Å². The maximum Gasteiger partial charge on any atom is 0.421 e. The van der Waals surface area contributed by atoms with Crippen molar-refractivity contribution in [2.75, 3.05) is 48.5 Å². The lowest BCUT2D eigenvalue weighted by atomic mass is 10.2. The first kappa shape index (κ1) is 29.5. The molecule has 3 heterocycles. The Morgan fingerprint density at radius 3 is 2.51 bits per heavy atom. The molecule has 41 heavy (non-hydrogen) atoms. The summed E-state index contributed by atoms with van der Waals surface area (Å²) in [6.45, 7) is 6.45. The van der Waals surface area contributed by atoms with E-state index in [9.17, 15) is 18.0 Å². The number of alkyl halides is 3. The lowest BCUT2D eigenvalue weighted by Crippen LogP contribution is -2.36. The van der Waals surface area contributed by atoms with Crippen LogP contribution in [0.25, 0.3) is 0 Å². The molecule has 0 radical (unpaired) electrons. The molecule has 220 valence electrons. The second-order valence-corrected chi connectivity index (χ2v) is 10.3. The van der Waals surface area contributed by atoms with Crippen LogP contribution >= 0.6 is 0 Å². The molecule has 11 nitrogen and oxygen atoms in total. The summed E-state index contributed by atoms with van der Waals surface area (Å²) in [5.74, 6) is 0.180. The van der Waals surface area contributed by atoms with Crippen LogP contribution in [0.2, 0.25) is 0 Å². The molecule has 1 aliphatic rings. The molecule has 0 aliphatic carbocycles. The minimum atomic E-state index is -4.67. The van der Waals surface area contributed by atoms with Crippen molar-refractivity contribution in [1.82, 2.24) is 19.9 Å². The van der Waals surface area contributed by atoms with E-state index in [1.54, 1.807) is 48.3 Å². The number of halogens is 3. The Morgan fingerprint density at radius 1 is 1.07 bits per heavy atom. The molecule has 14 heteroatoms. The Morgan fingerprint density at radius 2 is 1.83 bits per heavy atom. The number of carbonyl (C=O) groups is 1. The highest BCUT2D eigenvalue weighted by atomic mass is 19.4. The van der Waals surface area contributed by atoms with Crippen LogP contribution in [-0.2, 0) is 10.9 Å². The fourth-order valence-corrected chi connectivity index (χ4v) is 4.11. The molecule has 0 saturated carbocycles. The number of rotatable bonds is 8. The van der Waals surface area contributed by atoms with Gasteiger partial charge < -0.3 is 35.6 Å². The van der Waals surface area contributed by atoms with Crippen molar-refractivity contribution < 1.29 is 27.4 Å². The van der Waals surface area contributed by atoms with E-state index in [0.29, 0.717) is 42.9 Å². The van der Waals surface area contributed by atoms with Gasteiger partial charge in [-0.2, -0.15) is 23.1 Å². The fourth-order valence-electron chi connectivity index (χ4n) is 4.11. The molecular weight excluding hydrogens is 541 g/mol. The summed E-state index contributed by atoms with van der Waals surface area (Å²) in [6.07, 6.45) is -3.62. The monoisotopic (exact) mass is 574 g/mol. The van der Waals surface area contributed by atoms with E-state index in [-0.39, 0.29) is 24.0 Å². The number of nitrogens with zero attached hydrogens (tertiary/aromatic N) is 4.